The molecule has 66 valence electrons. The number of thiophene rings is 1. The highest BCUT2D eigenvalue weighted by Crippen LogP contribution is 2.30. The zero-order valence-corrected chi connectivity index (χ0v) is 7.67. The Morgan fingerprint density at radius 2 is 2.38 bits per heavy atom. The molecule has 0 atom stereocenters. The van der Waals surface area contributed by atoms with Crippen LogP contribution in [0.5, 0.6) is 0 Å². The molecular weight excluding hydrogens is 184 g/mol. The van der Waals surface area contributed by atoms with Crippen molar-refractivity contribution in [3.05, 3.63) is 40.1 Å². The molecule has 13 heavy (non-hydrogen) atoms. The van der Waals surface area contributed by atoms with Gasteiger partial charge in [-0.3, -0.25) is 0 Å². The summed E-state index contributed by atoms with van der Waals surface area (Å²) in [6, 6.07) is 1.65. The summed E-state index contributed by atoms with van der Waals surface area (Å²) < 4.78 is 0. The average Bonchev–Trinajstić information content (AvgIpc) is 2.74. The molecule has 3 heteroatoms. The van der Waals surface area contributed by atoms with Crippen molar-refractivity contribution in [1.29, 1.82) is 0 Å². The third-order valence-electron chi connectivity index (χ3n) is 1.96. The topological polar surface area (TPSA) is 37.3 Å². The molecule has 1 N–H and O–H groups in total. The van der Waals surface area contributed by atoms with E-state index in [4.69, 9.17) is 5.11 Å². The Morgan fingerprint density at radius 1 is 1.54 bits per heavy atom. The molecule has 0 fully saturated rings. The largest absolute Gasteiger partial charge is 0.478 e. The van der Waals surface area contributed by atoms with Gasteiger partial charge in [0.15, 0.2) is 0 Å². The van der Waals surface area contributed by atoms with Crippen molar-refractivity contribution < 1.29 is 9.90 Å². The molecule has 0 aromatic carbocycles. The van der Waals surface area contributed by atoms with E-state index in [0.717, 1.165) is 16.9 Å². The summed E-state index contributed by atoms with van der Waals surface area (Å²) in [5, 5.41) is 10.7. The first kappa shape index (κ1) is 8.26. The number of rotatable bonds is 2. The molecule has 0 unspecified atom stereocenters. The van der Waals surface area contributed by atoms with Gasteiger partial charge < -0.3 is 5.11 Å². The van der Waals surface area contributed by atoms with Crippen molar-refractivity contribution in [2.75, 3.05) is 0 Å². The molecule has 2 rings (SSSR count). The molecule has 0 amide bonds. The monoisotopic (exact) mass is 192 g/mol. The molecule has 0 saturated heterocycles. The summed E-state index contributed by atoms with van der Waals surface area (Å²) in [7, 11) is 0. The smallest absolute Gasteiger partial charge is 0.337 e. The quantitative estimate of drug-likeness (QED) is 0.782. The second kappa shape index (κ2) is 3.18. The van der Waals surface area contributed by atoms with Gasteiger partial charge in [-0.15, -0.1) is 11.3 Å². The maximum absolute atomic E-state index is 10.8. The molecule has 1 aliphatic carbocycles. The first-order valence-corrected chi connectivity index (χ1v) is 4.84. The SMILES string of the molecule is O=C(O)c1ccsc1C1=CC=CC1. The van der Waals surface area contributed by atoms with Crippen LogP contribution < -0.4 is 0 Å². The molecular formula is C10H8O2S. The van der Waals surface area contributed by atoms with Crippen molar-refractivity contribution in [3.63, 3.8) is 0 Å². The molecule has 0 bridgehead atoms. The number of hydrogen-bond acceptors (Lipinski definition) is 2. The summed E-state index contributed by atoms with van der Waals surface area (Å²) in [6.45, 7) is 0. The fourth-order valence-corrected chi connectivity index (χ4v) is 2.27. The van der Waals surface area contributed by atoms with Gasteiger partial charge in [-0.05, 0) is 23.4 Å². The van der Waals surface area contributed by atoms with Crippen LogP contribution in [-0.4, -0.2) is 11.1 Å². The highest BCUT2D eigenvalue weighted by atomic mass is 32.1. The molecule has 1 aromatic rings. The van der Waals surface area contributed by atoms with Gasteiger partial charge in [0.05, 0.1) is 5.56 Å². The number of aromatic carboxylic acids is 1. The van der Waals surface area contributed by atoms with Crippen molar-refractivity contribution in [1.82, 2.24) is 0 Å². The highest BCUT2D eigenvalue weighted by molar-refractivity contribution is 7.11. The van der Waals surface area contributed by atoms with Gasteiger partial charge in [-0.25, -0.2) is 4.79 Å². The molecule has 2 nitrogen and oxygen atoms in total. The van der Waals surface area contributed by atoms with Gasteiger partial charge in [0.1, 0.15) is 0 Å². The van der Waals surface area contributed by atoms with Crippen molar-refractivity contribution in [2.45, 2.75) is 6.42 Å². The Hall–Kier alpha value is -1.35. The van der Waals surface area contributed by atoms with Crippen LogP contribution in [0.4, 0.5) is 0 Å². The van der Waals surface area contributed by atoms with Crippen LogP contribution in [-0.2, 0) is 0 Å². The molecule has 0 radical (unpaired) electrons. The van der Waals surface area contributed by atoms with Crippen LogP contribution >= 0.6 is 11.3 Å². The van der Waals surface area contributed by atoms with E-state index in [1.807, 2.05) is 23.6 Å². The van der Waals surface area contributed by atoms with E-state index in [2.05, 4.69) is 0 Å². The summed E-state index contributed by atoms with van der Waals surface area (Å²) >= 11 is 1.49. The standard InChI is InChI=1S/C10H8O2S/c11-10(12)8-5-6-13-9(8)7-3-1-2-4-7/h1-3,5-6H,4H2,(H,11,12). The molecule has 1 heterocycles. The van der Waals surface area contributed by atoms with E-state index in [9.17, 15) is 4.79 Å². The lowest BCUT2D eigenvalue weighted by atomic mass is 10.1. The Labute approximate surface area is 79.8 Å². The van der Waals surface area contributed by atoms with Crippen molar-refractivity contribution in [2.24, 2.45) is 0 Å². The van der Waals surface area contributed by atoms with Crippen LogP contribution in [0, 0.1) is 0 Å². The second-order valence-electron chi connectivity index (χ2n) is 2.79. The molecule has 1 aromatic heterocycles. The number of carboxylic acid groups (broad SMARTS) is 1. The summed E-state index contributed by atoms with van der Waals surface area (Å²) in [4.78, 5) is 11.7. The van der Waals surface area contributed by atoms with E-state index < -0.39 is 5.97 Å². The van der Waals surface area contributed by atoms with Gasteiger partial charge in [-0.1, -0.05) is 18.2 Å². The highest BCUT2D eigenvalue weighted by Gasteiger charge is 2.14. The molecule has 0 saturated carbocycles. The lowest BCUT2D eigenvalue weighted by Gasteiger charge is -1.99. The first-order valence-electron chi connectivity index (χ1n) is 3.96. The molecule has 1 aliphatic rings. The fraction of sp³-hybridized carbons (Fsp3) is 0.100. The van der Waals surface area contributed by atoms with Crippen LogP contribution in [0.1, 0.15) is 21.7 Å². The second-order valence-corrected chi connectivity index (χ2v) is 3.71. The van der Waals surface area contributed by atoms with Gasteiger partial charge in [0, 0.05) is 4.88 Å². The summed E-state index contributed by atoms with van der Waals surface area (Å²) in [6.07, 6.45) is 6.81. The van der Waals surface area contributed by atoms with Crippen LogP contribution in [0.25, 0.3) is 5.57 Å². The van der Waals surface area contributed by atoms with E-state index in [0.29, 0.717) is 5.56 Å². The zero-order chi connectivity index (χ0) is 9.26. The van der Waals surface area contributed by atoms with E-state index in [-0.39, 0.29) is 0 Å². The van der Waals surface area contributed by atoms with Crippen molar-refractivity contribution in [3.8, 4) is 0 Å². The molecule has 0 spiro atoms. The average molecular weight is 192 g/mol. The summed E-state index contributed by atoms with van der Waals surface area (Å²) in [5.41, 5.74) is 1.52. The lowest BCUT2D eigenvalue weighted by Crippen LogP contribution is -1.96. The minimum Gasteiger partial charge on any atom is -0.478 e. The van der Waals surface area contributed by atoms with Gasteiger partial charge in [0.2, 0.25) is 0 Å². The van der Waals surface area contributed by atoms with E-state index in [1.54, 1.807) is 6.07 Å². The summed E-state index contributed by atoms with van der Waals surface area (Å²) in [5.74, 6) is -0.843. The number of hydrogen-bond donors (Lipinski definition) is 1. The predicted octanol–water partition coefficient (Wildman–Crippen LogP) is 2.79. The van der Waals surface area contributed by atoms with Crippen LogP contribution in [0.15, 0.2) is 29.7 Å². The zero-order valence-electron chi connectivity index (χ0n) is 6.86. The normalized spacial score (nSPS) is 14.6. The minimum absolute atomic E-state index is 0.417. The Morgan fingerprint density at radius 3 is 3.00 bits per heavy atom. The maximum Gasteiger partial charge on any atom is 0.337 e. The van der Waals surface area contributed by atoms with Crippen LogP contribution in [0.3, 0.4) is 0 Å². The van der Waals surface area contributed by atoms with Gasteiger partial charge in [0.25, 0.3) is 0 Å². The first-order chi connectivity index (χ1) is 6.29. The maximum atomic E-state index is 10.8. The fourth-order valence-electron chi connectivity index (χ4n) is 1.34. The molecule has 0 aliphatic heterocycles. The van der Waals surface area contributed by atoms with E-state index in [1.165, 1.54) is 11.3 Å². The number of allylic oxidation sites excluding steroid dienone is 4. The van der Waals surface area contributed by atoms with Crippen LogP contribution in [0.2, 0.25) is 0 Å². The minimum atomic E-state index is -0.843. The lowest BCUT2D eigenvalue weighted by molar-refractivity contribution is 0.0697. The van der Waals surface area contributed by atoms with Gasteiger partial charge >= 0.3 is 5.97 Å². The Balaban J connectivity index is 2.40. The number of carbonyl (C=O) groups is 1. The number of carboxylic acids is 1. The Bertz CT molecular complexity index is 399. The third kappa shape index (κ3) is 1.42. The predicted molar refractivity (Wildman–Crippen MR) is 53.0 cm³/mol. The van der Waals surface area contributed by atoms with Crippen molar-refractivity contribution >= 4 is 22.9 Å². The third-order valence-corrected chi connectivity index (χ3v) is 2.95. The Kier molecular flexibility index (Phi) is 2.02. The van der Waals surface area contributed by atoms with E-state index >= 15 is 0 Å². The van der Waals surface area contributed by atoms with Gasteiger partial charge in [-0.2, -0.15) is 0 Å².